The Balaban J connectivity index is 1.93. The summed E-state index contributed by atoms with van der Waals surface area (Å²) in [6, 6.07) is 0. The molecular formula is C32H40F6O4. The number of allylic oxidation sites excluding steroid dienone is 3. The van der Waals surface area contributed by atoms with Crippen molar-refractivity contribution in [2.75, 3.05) is 0 Å². The largest absolute Gasteiger partial charge is 0.438 e. The first-order valence-electron chi connectivity index (χ1n) is 14.2. The third kappa shape index (κ3) is 7.45. The monoisotopic (exact) mass is 602 g/mol. The van der Waals surface area contributed by atoms with Gasteiger partial charge in [0.15, 0.2) is 0 Å². The Bertz CT molecular complexity index is 1190. The van der Waals surface area contributed by atoms with Gasteiger partial charge >= 0.3 is 18.0 Å². The first kappa shape index (κ1) is 34.3. The highest BCUT2D eigenvalue weighted by atomic mass is 19.4. The minimum absolute atomic E-state index is 0.111. The lowest BCUT2D eigenvalue weighted by atomic mass is 9.60. The van der Waals surface area contributed by atoms with Crippen molar-refractivity contribution in [1.82, 2.24) is 0 Å². The molecule has 6 atom stereocenters. The molecule has 4 nitrogen and oxygen atoms in total. The fourth-order valence-electron chi connectivity index (χ4n) is 6.89. The molecule has 0 aromatic heterocycles. The van der Waals surface area contributed by atoms with Crippen molar-refractivity contribution in [3.05, 3.63) is 35.5 Å². The minimum atomic E-state index is -6.02. The molecule has 3 aliphatic rings. The summed E-state index contributed by atoms with van der Waals surface area (Å²) in [6.07, 6.45) is -5.35. The van der Waals surface area contributed by atoms with Crippen molar-refractivity contribution in [1.29, 1.82) is 0 Å². The van der Waals surface area contributed by atoms with E-state index < -0.39 is 41.7 Å². The predicted octanol–water partition coefficient (Wildman–Crippen LogP) is 6.16. The average Bonchev–Trinajstić information content (AvgIpc) is 3.19. The van der Waals surface area contributed by atoms with E-state index in [2.05, 4.69) is 25.3 Å². The van der Waals surface area contributed by atoms with Crippen molar-refractivity contribution in [2.24, 2.45) is 23.2 Å². The van der Waals surface area contributed by atoms with Gasteiger partial charge in [-0.05, 0) is 92.6 Å². The number of aliphatic hydroxyl groups excluding tert-OH is 2. The summed E-state index contributed by atoms with van der Waals surface area (Å²) < 4.78 is 79.2. The first-order valence-corrected chi connectivity index (χ1v) is 14.2. The van der Waals surface area contributed by atoms with E-state index in [1.807, 2.05) is 18.1 Å². The van der Waals surface area contributed by atoms with E-state index in [9.17, 15) is 46.8 Å². The van der Waals surface area contributed by atoms with E-state index in [1.54, 1.807) is 0 Å². The smallest absolute Gasteiger partial charge is 0.393 e. The van der Waals surface area contributed by atoms with Crippen LogP contribution in [0.1, 0.15) is 78.6 Å². The van der Waals surface area contributed by atoms with Crippen LogP contribution in [0.4, 0.5) is 26.3 Å². The minimum Gasteiger partial charge on any atom is -0.393 e. The summed E-state index contributed by atoms with van der Waals surface area (Å²) in [5.41, 5.74) is -4.28. The summed E-state index contributed by atoms with van der Waals surface area (Å²) in [7, 11) is 0. The second kappa shape index (κ2) is 12.4. The van der Waals surface area contributed by atoms with Gasteiger partial charge in [-0.25, -0.2) is 0 Å². The highest BCUT2D eigenvalue weighted by Gasteiger charge is 2.70. The second-order valence-corrected chi connectivity index (χ2v) is 12.7. The van der Waals surface area contributed by atoms with Crippen LogP contribution in [0.15, 0.2) is 35.5 Å². The molecule has 3 fully saturated rings. The van der Waals surface area contributed by atoms with E-state index in [1.165, 1.54) is 13.8 Å². The molecule has 0 amide bonds. The molecule has 0 aromatic carbocycles. The van der Waals surface area contributed by atoms with Gasteiger partial charge in [0, 0.05) is 19.3 Å². The van der Waals surface area contributed by atoms with Gasteiger partial charge in [-0.15, -0.1) is 0 Å². The Hall–Kier alpha value is -2.24. The third-order valence-corrected chi connectivity index (χ3v) is 9.08. The van der Waals surface area contributed by atoms with Crippen LogP contribution in [0.3, 0.4) is 0 Å². The molecule has 0 aromatic rings. The SMILES string of the molecule is C=C1/C(=C\C=C2/CCC[C@]3(C)[C@@H]([C@H](CC#CC(C)(C)O)CC#CC(O)(C(F)(F)F)C(F)(F)F)CC[C@@H]23)C[C@@H](O)C[C@@H]1O. The summed E-state index contributed by atoms with van der Waals surface area (Å²) in [5.74, 6) is 8.13. The lowest BCUT2D eigenvalue weighted by molar-refractivity contribution is -0.343. The summed E-state index contributed by atoms with van der Waals surface area (Å²) in [4.78, 5) is 0. The van der Waals surface area contributed by atoms with Crippen molar-refractivity contribution >= 4 is 0 Å². The highest BCUT2D eigenvalue weighted by Crippen LogP contribution is 2.60. The summed E-state index contributed by atoms with van der Waals surface area (Å²) >= 11 is 0. The van der Waals surface area contributed by atoms with Crippen molar-refractivity contribution in [3.8, 4) is 23.7 Å². The van der Waals surface area contributed by atoms with E-state index in [4.69, 9.17) is 0 Å². The third-order valence-electron chi connectivity index (χ3n) is 9.08. The predicted molar refractivity (Wildman–Crippen MR) is 146 cm³/mol. The number of rotatable bonds is 4. The topological polar surface area (TPSA) is 80.9 Å². The van der Waals surface area contributed by atoms with Crippen LogP contribution in [-0.4, -0.2) is 56.2 Å². The lowest BCUT2D eigenvalue weighted by Crippen LogP contribution is -2.55. The molecule has 0 radical (unpaired) electrons. The summed E-state index contributed by atoms with van der Waals surface area (Å²) in [6.45, 7) is 8.99. The number of halogens is 6. The van der Waals surface area contributed by atoms with E-state index in [0.717, 1.165) is 42.7 Å². The molecule has 3 saturated carbocycles. The van der Waals surface area contributed by atoms with Crippen LogP contribution < -0.4 is 0 Å². The van der Waals surface area contributed by atoms with Gasteiger partial charge < -0.3 is 20.4 Å². The maximum atomic E-state index is 13.2. The molecule has 0 spiro atoms. The number of fused-ring (bicyclic) bond motifs is 1. The van der Waals surface area contributed by atoms with Crippen LogP contribution in [-0.2, 0) is 0 Å². The molecule has 0 aliphatic heterocycles. The van der Waals surface area contributed by atoms with Crippen molar-refractivity contribution in [3.63, 3.8) is 0 Å². The molecule has 3 aliphatic carbocycles. The van der Waals surface area contributed by atoms with Crippen molar-refractivity contribution < 1.29 is 46.8 Å². The average molecular weight is 603 g/mol. The maximum Gasteiger partial charge on any atom is 0.438 e. The molecule has 0 unspecified atom stereocenters. The molecule has 0 bridgehead atoms. The zero-order valence-corrected chi connectivity index (χ0v) is 24.2. The summed E-state index contributed by atoms with van der Waals surface area (Å²) in [5, 5.41) is 39.8. The molecule has 0 heterocycles. The lowest BCUT2D eigenvalue weighted by Gasteiger charge is -2.44. The fraction of sp³-hybridized carbons (Fsp3) is 0.688. The number of alkyl halides is 6. The van der Waals surface area contributed by atoms with E-state index >= 15 is 0 Å². The molecule has 3 rings (SSSR count). The van der Waals surface area contributed by atoms with Crippen molar-refractivity contribution in [2.45, 2.75) is 114 Å². The first-order chi connectivity index (χ1) is 19.2. The fourth-order valence-corrected chi connectivity index (χ4v) is 6.89. The van der Waals surface area contributed by atoms with Gasteiger partial charge in [-0.1, -0.05) is 49.0 Å². The zero-order valence-electron chi connectivity index (χ0n) is 24.2. The Morgan fingerprint density at radius 3 is 2.14 bits per heavy atom. The van der Waals surface area contributed by atoms with E-state index in [0.29, 0.717) is 18.4 Å². The normalized spacial score (nSPS) is 31.7. The number of hydrogen-bond acceptors (Lipinski definition) is 4. The van der Waals surface area contributed by atoms with Gasteiger partial charge in [0.05, 0.1) is 12.2 Å². The van der Waals surface area contributed by atoms with Gasteiger partial charge in [-0.3, -0.25) is 0 Å². The Labute approximate surface area is 243 Å². The Morgan fingerprint density at radius 2 is 1.57 bits per heavy atom. The van der Waals surface area contributed by atoms with E-state index in [-0.39, 0.29) is 36.5 Å². The second-order valence-electron chi connectivity index (χ2n) is 12.7. The van der Waals surface area contributed by atoms with Crippen LogP contribution in [0.25, 0.3) is 0 Å². The molecule has 234 valence electrons. The number of aliphatic hydroxyl groups is 4. The number of hydrogen-bond donors (Lipinski definition) is 4. The van der Waals surface area contributed by atoms with Gasteiger partial charge in [0.1, 0.15) is 5.60 Å². The maximum absolute atomic E-state index is 13.2. The quantitative estimate of drug-likeness (QED) is 0.230. The van der Waals surface area contributed by atoms with Crippen LogP contribution in [0.2, 0.25) is 0 Å². The van der Waals surface area contributed by atoms with Gasteiger partial charge in [-0.2, -0.15) is 26.3 Å². The van der Waals surface area contributed by atoms with Crippen LogP contribution >= 0.6 is 0 Å². The van der Waals surface area contributed by atoms with Gasteiger partial charge in [0.25, 0.3) is 0 Å². The van der Waals surface area contributed by atoms with Gasteiger partial charge in [0.2, 0.25) is 0 Å². The standard InChI is InChI=1S/C32H40F6O4/c1-20-23(18-24(39)19-27(20)40)12-11-22-9-6-16-29(4)25(13-14-26(22)29)21(8-5-15-28(2,3)41)10-7-17-30(42,31(33,34)35)32(36,37)38/h11-12,21,24-27,39-42H,1,6,8-10,13-14,16,18-19H2,2-4H3/b22-11+,23-12-/t21-,24-,25-,26+,27+,29-/m1/s1. The van der Waals surface area contributed by atoms with Crippen LogP contribution in [0, 0.1) is 46.9 Å². The van der Waals surface area contributed by atoms with Crippen LogP contribution in [0.5, 0.6) is 0 Å². The Kier molecular flexibility index (Phi) is 10.1. The Morgan fingerprint density at radius 1 is 0.976 bits per heavy atom. The molecule has 0 saturated heterocycles. The molecule has 4 N–H and O–H groups in total. The zero-order chi connectivity index (χ0) is 31.7. The molecule has 42 heavy (non-hydrogen) atoms. The molecular weight excluding hydrogens is 562 g/mol. The highest BCUT2D eigenvalue weighted by molar-refractivity contribution is 5.38. The molecule has 10 heteroatoms.